The van der Waals surface area contributed by atoms with Crippen LogP contribution in [0.15, 0.2) is 0 Å². The summed E-state index contributed by atoms with van der Waals surface area (Å²) < 4.78 is 5.05. The van der Waals surface area contributed by atoms with Gasteiger partial charge in [-0.25, -0.2) is 0 Å². The van der Waals surface area contributed by atoms with E-state index in [0.29, 0.717) is 5.92 Å². The maximum Gasteiger partial charge on any atom is 0.326 e. The third-order valence-electron chi connectivity index (χ3n) is 4.23. The summed E-state index contributed by atoms with van der Waals surface area (Å²) in [6.45, 7) is 4.91. The first-order valence-corrected chi connectivity index (χ1v) is 6.77. The topological polar surface area (TPSA) is 50.4 Å². The highest BCUT2D eigenvalue weighted by Gasteiger charge is 2.47. The number of methoxy groups -OCH3 is 1. The summed E-state index contributed by atoms with van der Waals surface area (Å²) >= 11 is 0. The van der Waals surface area contributed by atoms with Gasteiger partial charge in [0.05, 0.1) is 7.11 Å². The Morgan fingerprint density at radius 2 is 2.29 bits per heavy atom. The van der Waals surface area contributed by atoms with Crippen molar-refractivity contribution in [3.05, 3.63) is 0 Å². The molecule has 0 radical (unpaired) electrons. The number of rotatable bonds is 5. The second-order valence-corrected chi connectivity index (χ2v) is 5.35. The fourth-order valence-electron chi connectivity index (χ4n) is 2.84. The normalized spacial score (nSPS) is 33.4. The molecule has 1 saturated carbocycles. The Morgan fingerprint density at radius 1 is 1.53 bits per heavy atom. The third kappa shape index (κ3) is 2.63. The van der Waals surface area contributed by atoms with Crippen LogP contribution in [0.2, 0.25) is 0 Å². The van der Waals surface area contributed by atoms with Crippen molar-refractivity contribution in [1.82, 2.24) is 10.6 Å². The van der Waals surface area contributed by atoms with Gasteiger partial charge in [0.2, 0.25) is 0 Å². The summed E-state index contributed by atoms with van der Waals surface area (Å²) in [4.78, 5) is 12.2. The summed E-state index contributed by atoms with van der Waals surface area (Å²) in [7, 11) is 1.50. The van der Waals surface area contributed by atoms with E-state index in [-0.39, 0.29) is 5.97 Å². The van der Waals surface area contributed by atoms with E-state index in [1.165, 1.54) is 20.0 Å². The van der Waals surface area contributed by atoms with E-state index in [0.717, 1.165) is 38.4 Å². The van der Waals surface area contributed by atoms with Crippen LogP contribution in [-0.4, -0.2) is 38.3 Å². The van der Waals surface area contributed by atoms with Crippen molar-refractivity contribution in [2.75, 3.05) is 26.7 Å². The van der Waals surface area contributed by atoms with Gasteiger partial charge in [-0.1, -0.05) is 6.92 Å². The van der Waals surface area contributed by atoms with Crippen LogP contribution in [0.5, 0.6) is 0 Å². The number of hydrogen-bond donors (Lipinski definition) is 2. The van der Waals surface area contributed by atoms with Gasteiger partial charge < -0.3 is 15.4 Å². The van der Waals surface area contributed by atoms with Crippen molar-refractivity contribution in [1.29, 1.82) is 0 Å². The van der Waals surface area contributed by atoms with Crippen LogP contribution in [0.3, 0.4) is 0 Å². The zero-order valence-electron chi connectivity index (χ0n) is 10.9. The Hall–Kier alpha value is -0.610. The fraction of sp³-hybridized carbons (Fsp3) is 0.923. The molecule has 2 N–H and O–H groups in total. The van der Waals surface area contributed by atoms with E-state index < -0.39 is 5.54 Å². The number of ether oxygens (including phenoxy) is 1. The molecule has 2 rings (SSSR count). The summed E-state index contributed by atoms with van der Waals surface area (Å²) in [6, 6.07) is 0. The molecule has 0 bridgehead atoms. The number of hydrogen-bond acceptors (Lipinski definition) is 4. The van der Waals surface area contributed by atoms with Crippen molar-refractivity contribution in [2.24, 2.45) is 11.8 Å². The van der Waals surface area contributed by atoms with Crippen LogP contribution in [-0.2, 0) is 9.53 Å². The van der Waals surface area contributed by atoms with Crippen LogP contribution in [0, 0.1) is 11.8 Å². The Balaban J connectivity index is 2.09. The summed E-state index contributed by atoms with van der Waals surface area (Å²) in [5, 5.41) is 6.91. The maximum atomic E-state index is 12.2. The first-order chi connectivity index (χ1) is 8.23. The third-order valence-corrected chi connectivity index (χ3v) is 4.23. The van der Waals surface area contributed by atoms with Crippen LogP contribution in [0.4, 0.5) is 0 Å². The monoisotopic (exact) mass is 240 g/mol. The minimum Gasteiger partial charge on any atom is -0.468 e. The van der Waals surface area contributed by atoms with Crippen molar-refractivity contribution >= 4 is 5.97 Å². The highest BCUT2D eigenvalue weighted by atomic mass is 16.5. The fourth-order valence-corrected chi connectivity index (χ4v) is 2.84. The standard InChI is InChI=1S/C13H24N2O2/c1-3-11-9-14-7-6-13(11,12(16)17-2)15-8-10-4-5-10/h10-11,14-15H,3-9H2,1-2H3. The summed E-state index contributed by atoms with van der Waals surface area (Å²) in [5.41, 5.74) is -0.447. The summed E-state index contributed by atoms with van der Waals surface area (Å²) in [5.74, 6) is 1.04. The SMILES string of the molecule is CCC1CNCCC1(NCC1CC1)C(=O)OC. The molecule has 2 aliphatic rings. The smallest absolute Gasteiger partial charge is 0.326 e. The maximum absolute atomic E-state index is 12.2. The molecular weight excluding hydrogens is 216 g/mol. The van der Waals surface area contributed by atoms with E-state index in [9.17, 15) is 4.79 Å². The second-order valence-electron chi connectivity index (χ2n) is 5.35. The van der Waals surface area contributed by atoms with Gasteiger partial charge in [0.1, 0.15) is 5.54 Å². The predicted octanol–water partition coefficient (Wildman–Crippen LogP) is 0.917. The number of nitrogens with one attached hydrogen (secondary N) is 2. The van der Waals surface area contributed by atoms with Gasteiger partial charge in [-0.3, -0.25) is 4.79 Å². The van der Waals surface area contributed by atoms with E-state index in [1.54, 1.807) is 0 Å². The molecule has 4 nitrogen and oxygen atoms in total. The van der Waals surface area contributed by atoms with Crippen molar-refractivity contribution < 1.29 is 9.53 Å². The van der Waals surface area contributed by atoms with Gasteiger partial charge in [-0.05, 0) is 44.7 Å². The average molecular weight is 240 g/mol. The van der Waals surface area contributed by atoms with Gasteiger partial charge in [0.25, 0.3) is 0 Å². The zero-order valence-corrected chi connectivity index (χ0v) is 10.9. The number of esters is 1. The molecule has 2 fully saturated rings. The van der Waals surface area contributed by atoms with Crippen molar-refractivity contribution in [2.45, 2.75) is 38.1 Å². The number of piperidine rings is 1. The molecule has 1 aliphatic heterocycles. The predicted molar refractivity (Wildman–Crippen MR) is 66.7 cm³/mol. The molecule has 0 aromatic carbocycles. The van der Waals surface area contributed by atoms with Crippen LogP contribution < -0.4 is 10.6 Å². The molecule has 0 amide bonds. The number of carbonyl (C=O) groups is 1. The molecule has 0 aromatic heterocycles. The molecule has 1 aliphatic carbocycles. The van der Waals surface area contributed by atoms with E-state index >= 15 is 0 Å². The van der Waals surface area contributed by atoms with Gasteiger partial charge in [-0.2, -0.15) is 0 Å². The zero-order chi connectivity index (χ0) is 12.3. The van der Waals surface area contributed by atoms with Gasteiger partial charge in [0, 0.05) is 12.5 Å². The highest BCUT2D eigenvalue weighted by molar-refractivity contribution is 5.81. The molecule has 0 spiro atoms. The van der Waals surface area contributed by atoms with Gasteiger partial charge >= 0.3 is 5.97 Å². The van der Waals surface area contributed by atoms with E-state index in [1.807, 2.05) is 0 Å². The Morgan fingerprint density at radius 3 is 2.88 bits per heavy atom. The first-order valence-electron chi connectivity index (χ1n) is 6.77. The average Bonchev–Trinajstić information content (AvgIpc) is 3.19. The Kier molecular flexibility index (Phi) is 4.05. The van der Waals surface area contributed by atoms with Gasteiger partial charge in [0.15, 0.2) is 0 Å². The first kappa shape index (κ1) is 12.8. The van der Waals surface area contributed by atoms with E-state index in [4.69, 9.17) is 4.74 Å². The lowest BCUT2D eigenvalue weighted by Crippen LogP contribution is -2.64. The van der Waals surface area contributed by atoms with Crippen LogP contribution >= 0.6 is 0 Å². The number of carbonyl (C=O) groups excluding carboxylic acids is 1. The quantitative estimate of drug-likeness (QED) is 0.702. The lowest BCUT2D eigenvalue weighted by molar-refractivity contribution is -0.152. The van der Waals surface area contributed by atoms with Crippen molar-refractivity contribution in [3.8, 4) is 0 Å². The summed E-state index contributed by atoms with van der Waals surface area (Å²) in [6.07, 6.45) is 4.45. The highest BCUT2D eigenvalue weighted by Crippen LogP contribution is 2.32. The minimum absolute atomic E-state index is 0.0773. The van der Waals surface area contributed by atoms with Gasteiger partial charge in [-0.15, -0.1) is 0 Å². The largest absolute Gasteiger partial charge is 0.468 e. The van der Waals surface area contributed by atoms with Crippen molar-refractivity contribution in [3.63, 3.8) is 0 Å². The Bertz CT molecular complexity index is 279. The molecule has 17 heavy (non-hydrogen) atoms. The second kappa shape index (κ2) is 5.36. The molecular formula is C13H24N2O2. The molecule has 1 saturated heterocycles. The molecule has 98 valence electrons. The van der Waals surface area contributed by atoms with E-state index in [2.05, 4.69) is 17.6 Å². The molecule has 4 heteroatoms. The molecule has 2 atom stereocenters. The Labute approximate surface area is 103 Å². The molecule has 2 unspecified atom stereocenters. The van der Waals surface area contributed by atoms with Crippen LogP contribution in [0.1, 0.15) is 32.6 Å². The lowest BCUT2D eigenvalue weighted by Gasteiger charge is -2.42. The molecule has 0 aromatic rings. The molecule has 1 heterocycles. The lowest BCUT2D eigenvalue weighted by atomic mass is 9.76. The van der Waals surface area contributed by atoms with Crippen LogP contribution in [0.25, 0.3) is 0 Å². The minimum atomic E-state index is -0.447.